The van der Waals surface area contributed by atoms with Crippen molar-refractivity contribution >= 4 is 38.8 Å². The summed E-state index contributed by atoms with van der Waals surface area (Å²) in [6.45, 7) is 2.02. The molecule has 0 saturated heterocycles. The molecule has 3 N–H and O–H groups in total. The lowest BCUT2D eigenvalue weighted by Crippen LogP contribution is -2.15. The van der Waals surface area contributed by atoms with Crippen molar-refractivity contribution in [2.24, 2.45) is 0 Å². The van der Waals surface area contributed by atoms with Crippen LogP contribution in [0.4, 0.5) is 24.5 Å². The number of hydrogen-bond acceptors (Lipinski definition) is 4. The number of amides is 1. The molecule has 1 amide bonds. The van der Waals surface area contributed by atoms with Gasteiger partial charge in [-0.2, -0.15) is 13.2 Å². The third-order valence-corrected chi connectivity index (χ3v) is 5.62. The van der Waals surface area contributed by atoms with Gasteiger partial charge in [0, 0.05) is 22.5 Å². The minimum atomic E-state index is -4.63. The fraction of sp³-hybridized carbons (Fsp3) is 0.0909. The predicted molar refractivity (Wildman–Crippen MR) is 114 cm³/mol. The number of nitrogens with two attached hydrogens (primary N) is 1. The molecular weight excluding hydrogens is 411 g/mol. The Balaban J connectivity index is 1.54. The van der Waals surface area contributed by atoms with Gasteiger partial charge in [0.1, 0.15) is 5.01 Å². The lowest BCUT2D eigenvalue weighted by Gasteiger charge is -2.12. The fourth-order valence-corrected chi connectivity index (χ4v) is 4.07. The van der Waals surface area contributed by atoms with Gasteiger partial charge in [-0.05, 0) is 67.1 Å². The van der Waals surface area contributed by atoms with Crippen LogP contribution in [0.1, 0.15) is 21.5 Å². The van der Waals surface area contributed by atoms with E-state index in [2.05, 4.69) is 16.4 Å². The van der Waals surface area contributed by atoms with Crippen molar-refractivity contribution in [3.8, 4) is 10.6 Å². The van der Waals surface area contributed by atoms with E-state index in [1.165, 1.54) is 6.07 Å². The Hall–Kier alpha value is -3.39. The second-order valence-corrected chi connectivity index (χ2v) is 7.85. The molecule has 1 heterocycles. The highest BCUT2D eigenvalue weighted by atomic mass is 32.1. The van der Waals surface area contributed by atoms with E-state index in [4.69, 9.17) is 5.73 Å². The molecule has 0 fully saturated rings. The summed E-state index contributed by atoms with van der Waals surface area (Å²) in [5, 5.41) is 3.45. The Kier molecular flexibility index (Phi) is 4.95. The van der Waals surface area contributed by atoms with Crippen molar-refractivity contribution in [2.75, 3.05) is 11.1 Å². The first-order valence-corrected chi connectivity index (χ1v) is 9.78. The average molecular weight is 427 g/mol. The van der Waals surface area contributed by atoms with E-state index in [-0.39, 0.29) is 5.56 Å². The van der Waals surface area contributed by atoms with E-state index >= 15 is 0 Å². The van der Waals surface area contributed by atoms with E-state index in [1.54, 1.807) is 23.5 Å². The Morgan fingerprint density at radius 2 is 1.77 bits per heavy atom. The van der Waals surface area contributed by atoms with Crippen molar-refractivity contribution in [1.82, 2.24) is 4.98 Å². The summed E-state index contributed by atoms with van der Waals surface area (Å²) in [4.78, 5) is 17.0. The largest absolute Gasteiger partial charge is 0.418 e. The summed E-state index contributed by atoms with van der Waals surface area (Å²) < 4.78 is 40.1. The third-order valence-electron chi connectivity index (χ3n) is 4.55. The highest BCUT2D eigenvalue weighted by molar-refractivity contribution is 7.21. The number of aryl methyl sites for hydroxylation is 1. The van der Waals surface area contributed by atoms with E-state index < -0.39 is 23.3 Å². The molecule has 1 aromatic heterocycles. The molecule has 0 saturated carbocycles. The van der Waals surface area contributed by atoms with Crippen LogP contribution in [-0.4, -0.2) is 10.9 Å². The summed E-state index contributed by atoms with van der Waals surface area (Å²) >= 11 is 1.57. The van der Waals surface area contributed by atoms with Gasteiger partial charge >= 0.3 is 6.18 Å². The van der Waals surface area contributed by atoms with Crippen LogP contribution >= 0.6 is 11.3 Å². The maximum Gasteiger partial charge on any atom is 0.418 e. The Morgan fingerprint density at radius 3 is 2.47 bits per heavy atom. The van der Waals surface area contributed by atoms with Gasteiger partial charge in [-0.15, -0.1) is 11.3 Å². The lowest BCUT2D eigenvalue weighted by molar-refractivity contribution is -0.136. The second kappa shape index (κ2) is 7.46. The quantitative estimate of drug-likeness (QED) is 0.387. The molecule has 0 radical (unpaired) electrons. The van der Waals surface area contributed by atoms with E-state index in [0.717, 1.165) is 38.5 Å². The van der Waals surface area contributed by atoms with Gasteiger partial charge in [0.25, 0.3) is 5.91 Å². The zero-order chi connectivity index (χ0) is 21.5. The number of alkyl halides is 3. The monoisotopic (exact) mass is 427 g/mol. The van der Waals surface area contributed by atoms with Crippen molar-refractivity contribution in [3.05, 3.63) is 77.4 Å². The number of aromatic nitrogens is 1. The molecular formula is C22H16F3N3OS. The number of hydrogen-bond donors (Lipinski definition) is 2. The van der Waals surface area contributed by atoms with E-state index in [1.807, 2.05) is 31.2 Å². The standard InChI is InChI=1S/C22H16F3N3OS/c1-12-2-9-18-19(10-12)30-21(28-18)13-3-6-15(7-4-13)27-20(29)14-5-8-17(26)16(11-14)22(23,24)25/h2-11H,26H2,1H3,(H,27,29). The van der Waals surface area contributed by atoms with Gasteiger partial charge in [0.2, 0.25) is 0 Å². The zero-order valence-corrected chi connectivity index (χ0v) is 16.6. The summed E-state index contributed by atoms with van der Waals surface area (Å²) in [5.74, 6) is -0.649. The highest BCUT2D eigenvalue weighted by Gasteiger charge is 2.33. The molecule has 4 rings (SSSR count). The topological polar surface area (TPSA) is 68.0 Å². The predicted octanol–water partition coefficient (Wildman–Crippen LogP) is 6.13. The van der Waals surface area contributed by atoms with Crippen LogP contribution in [0.15, 0.2) is 60.7 Å². The maximum atomic E-state index is 13.0. The van der Waals surface area contributed by atoms with Gasteiger partial charge in [-0.25, -0.2) is 4.98 Å². The number of thiazole rings is 1. The van der Waals surface area contributed by atoms with Crippen LogP contribution in [0.25, 0.3) is 20.8 Å². The highest BCUT2D eigenvalue weighted by Crippen LogP contribution is 2.34. The summed E-state index contributed by atoms with van der Waals surface area (Å²) in [7, 11) is 0. The molecule has 30 heavy (non-hydrogen) atoms. The maximum absolute atomic E-state index is 13.0. The van der Waals surface area contributed by atoms with Crippen molar-refractivity contribution in [2.45, 2.75) is 13.1 Å². The molecule has 0 aliphatic heterocycles. The molecule has 152 valence electrons. The number of benzene rings is 3. The number of rotatable bonds is 3. The second-order valence-electron chi connectivity index (χ2n) is 6.82. The van der Waals surface area contributed by atoms with Gasteiger partial charge in [-0.1, -0.05) is 6.07 Å². The molecule has 0 spiro atoms. The van der Waals surface area contributed by atoms with Crippen LogP contribution in [0, 0.1) is 6.92 Å². The molecule has 0 bridgehead atoms. The summed E-state index contributed by atoms with van der Waals surface area (Å²) in [5.41, 5.74) is 7.23. The zero-order valence-electron chi connectivity index (χ0n) is 15.7. The Morgan fingerprint density at radius 1 is 1.03 bits per heavy atom. The number of anilines is 2. The van der Waals surface area contributed by atoms with E-state index in [0.29, 0.717) is 5.69 Å². The summed E-state index contributed by atoms with van der Waals surface area (Å²) in [6.07, 6.45) is -4.63. The van der Waals surface area contributed by atoms with Gasteiger partial charge < -0.3 is 11.1 Å². The number of nitrogen functional groups attached to an aromatic ring is 1. The molecule has 0 aliphatic carbocycles. The van der Waals surface area contributed by atoms with Gasteiger partial charge in [-0.3, -0.25) is 4.79 Å². The first kappa shape index (κ1) is 19.9. The number of fused-ring (bicyclic) bond motifs is 1. The number of carbonyl (C=O) groups is 1. The smallest absolute Gasteiger partial charge is 0.398 e. The van der Waals surface area contributed by atoms with Crippen LogP contribution in [0.2, 0.25) is 0 Å². The first-order valence-electron chi connectivity index (χ1n) is 8.96. The van der Waals surface area contributed by atoms with Gasteiger partial charge in [0.05, 0.1) is 15.8 Å². The number of halogens is 3. The minimum Gasteiger partial charge on any atom is -0.398 e. The molecule has 8 heteroatoms. The average Bonchev–Trinajstić information content (AvgIpc) is 3.11. The normalized spacial score (nSPS) is 11.6. The van der Waals surface area contributed by atoms with Crippen molar-refractivity contribution < 1.29 is 18.0 Å². The van der Waals surface area contributed by atoms with Gasteiger partial charge in [0.15, 0.2) is 0 Å². The molecule has 4 nitrogen and oxygen atoms in total. The van der Waals surface area contributed by atoms with Crippen LogP contribution in [-0.2, 0) is 6.18 Å². The number of nitrogens with one attached hydrogen (secondary N) is 1. The Bertz CT molecular complexity index is 1250. The lowest BCUT2D eigenvalue weighted by atomic mass is 10.1. The Labute approximate surface area is 174 Å². The van der Waals surface area contributed by atoms with Crippen molar-refractivity contribution in [3.63, 3.8) is 0 Å². The third kappa shape index (κ3) is 3.99. The minimum absolute atomic E-state index is 0.123. The SMILES string of the molecule is Cc1ccc2nc(-c3ccc(NC(=O)c4ccc(N)c(C(F)(F)F)c4)cc3)sc2c1. The molecule has 0 aliphatic rings. The number of nitrogens with zero attached hydrogens (tertiary/aromatic N) is 1. The summed E-state index contributed by atoms with van der Waals surface area (Å²) in [6, 6.07) is 16.1. The van der Waals surface area contributed by atoms with Crippen LogP contribution in [0.5, 0.6) is 0 Å². The van der Waals surface area contributed by atoms with E-state index in [9.17, 15) is 18.0 Å². The fourth-order valence-electron chi connectivity index (χ4n) is 3.00. The molecule has 4 aromatic rings. The molecule has 0 atom stereocenters. The molecule has 0 unspecified atom stereocenters. The molecule has 3 aromatic carbocycles. The first-order chi connectivity index (χ1) is 14.2. The number of carbonyl (C=O) groups excluding carboxylic acids is 1. The van der Waals surface area contributed by atoms with Crippen LogP contribution in [0.3, 0.4) is 0 Å². The van der Waals surface area contributed by atoms with Crippen LogP contribution < -0.4 is 11.1 Å². The van der Waals surface area contributed by atoms with Crippen molar-refractivity contribution in [1.29, 1.82) is 0 Å².